The third kappa shape index (κ3) is 5.24. The fourth-order valence-electron chi connectivity index (χ4n) is 4.21. The van der Waals surface area contributed by atoms with Gasteiger partial charge in [-0.1, -0.05) is 18.2 Å². The summed E-state index contributed by atoms with van der Waals surface area (Å²) in [5, 5.41) is 0. The normalized spacial score (nSPS) is 24.6. The Hall–Kier alpha value is -2.04. The largest absolute Gasteiger partial charge is 0.494 e. The van der Waals surface area contributed by atoms with Crippen LogP contribution in [0.25, 0.3) is 0 Å². The molecule has 148 valence electrons. The van der Waals surface area contributed by atoms with Crippen molar-refractivity contribution < 1.29 is 19.1 Å². The van der Waals surface area contributed by atoms with Crippen molar-refractivity contribution in [2.75, 3.05) is 6.61 Å². The van der Waals surface area contributed by atoms with Gasteiger partial charge in [-0.2, -0.15) is 0 Å². The van der Waals surface area contributed by atoms with Gasteiger partial charge in [0.2, 0.25) is 0 Å². The predicted molar refractivity (Wildman–Crippen MR) is 104 cm³/mol. The Labute approximate surface area is 162 Å². The van der Waals surface area contributed by atoms with Gasteiger partial charge in [0.1, 0.15) is 17.1 Å². The topological polar surface area (TPSA) is 55.8 Å². The molecule has 2 saturated heterocycles. The Kier molecular flexibility index (Phi) is 6.08. The minimum Gasteiger partial charge on any atom is -0.494 e. The number of carbonyl (C=O) groups excluding carboxylic acids is 2. The van der Waals surface area contributed by atoms with Crippen LogP contribution in [0.15, 0.2) is 30.3 Å². The van der Waals surface area contributed by atoms with Gasteiger partial charge in [-0.15, -0.1) is 0 Å². The van der Waals surface area contributed by atoms with Crippen LogP contribution in [-0.4, -0.2) is 41.1 Å². The molecular formula is C22H31NO4. The maximum absolute atomic E-state index is 12.6. The molecule has 0 N–H and O–H groups in total. The van der Waals surface area contributed by atoms with E-state index < -0.39 is 5.60 Å². The zero-order chi connectivity index (χ0) is 19.4. The zero-order valence-electron chi connectivity index (χ0n) is 16.6. The van der Waals surface area contributed by atoms with Gasteiger partial charge in [-0.3, -0.25) is 4.79 Å². The molecule has 1 aromatic rings. The van der Waals surface area contributed by atoms with Crippen molar-refractivity contribution in [3.05, 3.63) is 30.3 Å². The molecule has 2 bridgehead atoms. The number of rotatable bonds is 6. The number of carbonyl (C=O) groups is 2. The van der Waals surface area contributed by atoms with Crippen LogP contribution in [0.5, 0.6) is 5.75 Å². The lowest BCUT2D eigenvalue weighted by Gasteiger charge is -2.39. The summed E-state index contributed by atoms with van der Waals surface area (Å²) in [7, 11) is 0. The Bertz CT molecular complexity index is 638. The van der Waals surface area contributed by atoms with Gasteiger partial charge in [0, 0.05) is 24.4 Å². The molecule has 3 rings (SSSR count). The van der Waals surface area contributed by atoms with Gasteiger partial charge >= 0.3 is 6.09 Å². The summed E-state index contributed by atoms with van der Waals surface area (Å²) in [5.74, 6) is 1.22. The first-order valence-electron chi connectivity index (χ1n) is 10.1. The highest BCUT2D eigenvalue weighted by Crippen LogP contribution is 2.40. The molecule has 2 atom stereocenters. The van der Waals surface area contributed by atoms with Crippen molar-refractivity contribution in [3.8, 4) is 5.75 Å². The Morgan fingerprint density at radius 3 is 2.30 bits per heavy atom. The average Bonchev–Trinajstić information content (AvgIpc) is 2.88. The highest BCUT2D eigenvalue weighted by atomic mass is 16.6. The molecule has 5 heteroatoms. The smallest absolute Gasteiger partial charge is 0.410 e. The molecule has 1 aromatic carbocycles. The van der Waals surface area contributed by atoms with Crippen LogP contribution >= 0.6 is 0 Å². The Morgan fingerprint density at radius 2 is 1.70 bits per heavy atom. The van der Waals surface area contributed by atoms with E-state index in [0.717, 1.165) is 37.9 Å². The van der Waals surface area contributed by atoms with Gasteiger partial charge in [0.25, 0.3) is 0 Å². The van der Waals surface area contributed by atoms with Crippen molar-refractivity contribution >= 4 is 11.9 Å². The number of hydrogen-bond donors (Lipinski definition) is 0. The number of para-hydroxylation sites is 1. The Morgan fingerprint density at radius 1 is 1.07 bits per heavy atom. The number of nitrogens with zero attached hydrogens (tertiary/aromatic N) is 1. The van der Waals surface area contributed by atoms with E-state index >= 15 is 0 Å². The molecule has 1 amide bonds. The lowest BCUT2D eigenvalue weighted by Crippen LogP contribution is -2.49. The molecule has 0 saturated carbocycles. The van der Waals surface area contributed by atoms with Gasteiger partial charge in [0.15, 0.2) is 0 Å². The van der Waals surface area contributed by atoms with Crippen LogP contribution in [0.1, 0.15) is 59.3 Å². The number of hydrogen-bond acceptors (Lipinski definition) is 4. The highest BCUT2D eigenvalue weighted by molar-refractivity contribution is 5.81. The second kappa shape index (κ2) is 8.32. The average molecular weight is 373 g/mol. The molecule has 0 aliphatic carbocycles. The number of piperidine rings is 1. The number of benzene rings is 1. The molecule has 0 spiro atoms. The first kappa shape index (κ1) is 19.7. The van der Waals surface area contributed by atoms with E-state index in [0.29, 0.717) is 18.8 Å². The van der Waals surface area contributed by atoms with Crippen molar-refractivity contribution in [1.29, 1.82) is 0 Å². The minimum atomic E-state index is -0.484. The maximum atomic E-state index is 12.6. The molecule has 0 radical (unpaired) electrons. The van der Waals surface area contributed by atoms with E-state index in [4.69, 9.17) is 9.47 Å². The zero-order valence-corrected chi connectivity index (χ0v) is 16.6. The van der Waals surface area contributed by atoms with Gasteiger partial charge in [-0.25, -0.2) is 4.79 Å². The lowest BCUT2D eigenvalue weighted by atomic mass is 9.86. The van der Waals surface area contributed by atoms with E-state index in [1.165, 1.54) is 0 Å². The molecule has 2 heterocycles. The van der Waals surface area contributed by atoms with Crippen LogP contribution in [-0.2, 0) is 9.53 Å². The fourth-order valence-corrected chi connectivity index (χ4v) is 4.21. The molecule has 2 fully saturated rings. The molecule has 2 aliphatic heterocycles. The van der Waals surface area contributed by atoms with E-state index in [9.17, 15) is 9.59 Å². The maximum Gasteiger partial charge on any atom is 0.410 e. The molecule has 5 nitrogen and oxygen atoms in total. The standard InChI is InChI=1S/C22H31NO4/c1-22(2,3)27-21(25)23-17-11-12-18(23)15-16(14-17)20(24)10-7-13-26-19-8-5-4-6-9-19/h4-6,8-9,16-18H,7,10-15H2,1-3H3. The molecule has 2 aliphatic rings. The first-order valence-corrected chi connectivity index (χ1v) is 10.1. The van der Waals surface area contributed by atoms with Crippen molar-refractivity contribution in [3.63, 3.8) is 0 Å². The molecule has 0 aromatic heterocycles. The quantitative estimate of drug-likeness (QED) is 0.684. The van der Waals surface area contributed by atoms with Crippen LogP contribution in [0.3, 0.4) is 0 Å². The molecule has 2 unspecified atom stereocenters. The predicted octanol–water partition coefficient (Wildman–Crippen LogP) is 4.59. The summed E-state index contributed by atoms with van der Waals surface area (Å²) >= 11 is 0. The third-order valence-corrected chi connectivity index (χ3v) is 5.37. The number of ether oxygens (including phenoxy) is 2. The lowest BCUT2D eigenvalue weighted by molar-refractivity contribution is -0.125. The summed E-state index contributed by atoms with van der Waals surface area (Å²) in [4.78, 5) is 27.0. The number of amides is 1. The highest BCUT2D eigenvalue weighted by Gasteiger charge is 2.46. The van der Waals surface area contributed by atoms with E-state index in [1.54, 1.807) is 0 Å². The van der Waals surface area contributed by atoms with Crippen molar-refractivity contribution in [2.45, 2.75) is 77.0 Å². The summed E-state index contributed by atoms with van der Waals surface area (Å²) in [6.45, 7) is 6.22. The van der Waals surface area contributed by atoms with E-state index in [2.05, 4.69) is 0 Å². The van der Waals surface area contributed by atoms with Crippen LogP contribution in [0.2, 0.25) is 0 Å². The van der Waals surface area contributed by atoms with Gasteiger partial charge < -0.3 is 14.4 Å². The second-order valence-electron chi connectivity index (χ2n) is 8.67. The van der Waals surface area contributed by atoms with Crippen molar-refractivity contribution in [2.24, 2.45) is 5.92 Å². The summed E-state index contributed by atoms with van der Waals surface area (Å²) in [6, 6.07) is 9.97. The van der Waals surface area contributed by atoms with E-state index in [1.807, 2.05) is 56.0 Å². The summed E-state index contributed by atoms with van der Waals surface area (Å²) in [5.41, 5.74) is -0.484. The van der Waals surface area contributed by atoms with Crippen molar-refractivity contribution in [1.82, 2.24) is 4.90 Å². The number of fused-ring (bicyclic) bond motifs is 2. The summed E-state index contributed by atoms with van der Waals surface area (Å²) in [6.07, 6.45) is 4.55. The summed E-state index contributed by atoms with van der Waals surface area (Å²) < 4.78 is 11.2. The third-order valence-electron chi connectivity index (χ3n) is 5.37. The number of ketones is 1. The Balaban J connectivity index is 1.45. The minimum absolute atomic E-state index is 0.0675. The monoisotopic (exact) mass is 373 g/mol. The second-order valence-corrected chi connectivity index (χ2v) is 8.67. The SMILES string of the molecule is CC(C)(C)OC(=O)N1C2CCC1CC(C(=O)CCCOc1ccccc1)C2. The van der Waals surface area contributed by atoms with E-state index in [-0.39, 0.29) is 24.1 Å². The fraction of sp³-hybridized carbons (Fsp3) is 0.636. The molecular weight excluding hydrogens is 342 g/mol. The van der Waals surface area contributed by atoms with Gasteiger partial charge in [0.05, 0.1) is 6.61 Å². The van der Waals surface area contributed by atoms with Crippen LogP contribution in [0, 0.1) is 5.92 Å². The van der Waals surface area contributed by atoms with Gasteiger partial charge in [-0.05, 0) is 65.0 Å². The molecule has 27 heavy (non-hydrogen) atoms. The van der Waals surface area contributed by atoms with Crippen LogP contribution in [0.4, 0.5) is 4.79 Å². The number of Topliss-reactive ketones (excluding diaryl/α,β-unsaturated/α-hetero) is 1. The van der Waals surface area contributed by atoms with Crippen LogP contribution < -0.4 is 4.74 Å². The first-order chi connectivity index (χ1) is 12.8.